The minimum Gasteiger partial charge on any atom is -0.310 e. The molecule has 0 radical (unpaired) electrons. The van der Waals surface area contributed by atoms with Crippen LogP contribution in [0.2, 0.25) is 0 Å². The van der Waals surface area contributed by atoms with Gasteiger partial charge in [0, 0.05) is 53.6 Å². The number of hydrogen-bond donors (Lipinski definition) is 0. The molecule has 12 aromatic rings. The smallest absolute Gasteiger partial charge is 0.0541 e. The van der Waals surface area contributed by atoms with E-state index in [9.17, 15) is 0 Å². The van der Waals surface area contributed by atoms with Crippen molar-refractivity contribution in [2.24, 2.45) is 0 Å². The maximum atomic E-state index is 2.43. The Morgan fingerprint density at radius 3 is 1.75 bits per heavy atom. The molecule has 286 valence electrons. The maximum Gasteiger partial charge on any atom is 0.0541 e. The lowest BCUT2D eigenvalue weighted by Crippen LogP contribution is -2.11. The number of benzene rings is 10. The van der Waals surface area contributed by atoms with E-state index >= 15 is 0 Å². The second-order valence-electron chi connectivity index (χ2n) is 15.7. The van der Waals surface area contributed by atoms with Crippen molar-refractivity contribution in [3.63, 3.8) is 0 Å². The fourth-order valence-electron chi connectivity index (χ4n) is 9.35. The molecule has 0 spiro atoms. The molecule has 2 nitrogen and oxygen atoms in total. The van der Waals surface area contributed by atoms with Gasteiger partial charge in [0.25, 0.3) is 0 Å². The normalized spacial score (nSPS) is 11.6. The number of para-hydroxylation sites is 3. The SMILES string of the molecule is c1cc(-c2cccc3ccccc23)cc(N(c2ccc(-c3cccc(-n4c5ccccc5c5ccccc54)c3)cc2)c2ccccc2-c2ccc3sc4ccccc4c3c2)c1. The molecule has 0 saturated heterocycles. The van der Waals surface area contributed by atoms with Crippen molar-refractivity contribution < 1.29 is 0 Å². The summed E-state index contributed by atoms with van der Waals surface area (Å²) in [6, 6.07) is 84.3. The average Bonchev–Trinajstić information content (AvgIpc) is 3.88. The Balaban J connectivity index is 0.999. The van der Waals surface area contributed by atoms with Gasteiger partial charge in [-0.1, -0.05) is 158 Å². The van der Waals surface area contributed by atoms with Crippen LogP contribution in [0, 0.1) is 0 Å². The monoisotopic (exact) mass is 794 g/mol. The van der Waals surface area contributed by atoms with Gasteiger partial charge in [-0.2, -0.15) is 0 Å². The van der Waals surface area contributed by atoms with E-state index in [4.69, 9.17) is 0 Å². The summed E-state index contributed by atoms with van der Waals surface area (Å²) in [4.78, 5) is 2.43. The molecule has 0 aliphatic carbocycles. The third-order valence-electron chi connectivity index (χ3n) is 12.2. The van der Waals surface area contributed by atoms with Crippen LogP contribution in [0.5, 0.6) is 0 Å². The average molecular weight is 795 g/mol. The highest BCUT2D eigenvalue weighted by atomic mass is 32.1. The summed E-state index contributed by atoms with van der Waals surface area (Å²) in [6.45, 7) is 0. The Bertz CT molecular complexity index is 3550. The summed E-state index contributed by atoms with van der Waals surface area (Å²) >= 11 is 1.86. The van der Waals surface area contributed by atoms with Gasteiger partial charge in [0.2, 0.25) is 0 Å². The molecule has 3 heteroatoms. The Morgan fingerprint density at radius 2 is 0.918 bits per heavy atom. The topological polar surface area (TPSA) is 8.17 Å². The molecule has 0 bridgehead atoms. The highest BCUT2D eigenvalue weighted by Crippen LogP contribution is 2.45. The Hall–Kier alpha value is -7.72. The zero-order valence-electron chi connectivity index (χ0n) is 33.2. The van der Waals surface area contributed by atoms with Crippen LogP contribution in [-0.2, 0) is 0 Å². The molecule has 0 aliphatic heterocycles. The van der Waals surface area contributed by atoms with Crippen LogP contribution in [0.1, 0.15) is 0 Å². The standard InChI is InChI=1S/C58H38N2S/c1-2-20-47-40(14-1)15-13-25-48(47)42-17-12-18-45(37-42)59(54-26-7-3-21-49(54)43-32-35-58-53(38-43)52-24-6-10-29-57(52)61-58)44-33-30-39(31-34-44)41-16-11-19-46(36-41)60-55-27-8-4-22-50(55)51-23-5-9-28-56(51)60/h1-38H. The first-order chi connectivity index (χ1) is 30.2. The molecule has 0 amide bonds. The van der Waals surface area contributed by atoms with Crippen molar-refractivity contribution in [2.75, 3.05) is 4.90 Å². The lowest BCUT2D eigenvalue weighted by Gasteiger charge is -2.28. The maximum absolute atomic E-state index is 2.43. The van der Waals surface area contributed by atoms with E-state index in [-0.39, 0.29) is 0 Å². The lowest BCUT2D eigenvalue weighted by molar-refractivity contribution is 1.18. The van der Waals surface area contributed by atoms with E-state index < -0.39 is 0 Å². The summed E-state index contributed by atoms with van der Waals surface area (Å²) in [6.07, 6.45) is 0. The van der Waals surface area contributed by atoms with E-state index in [0.717, 1.165) is 22.7 Å². The van der Waals surface area contributed by atoms with Gasteiger partial charge in [-0.05, 0) is 111 Å². The van der Waals surface area contributed by atoms with Crippen LogP contribution in [0.4, 0.5) is 17.1 Å². The number of hydrogen-bond acceptors (Lipinski definition) is 2. The van der Waals surface area contributed by atoms with Crippen molar-refractivity contribution in [2.45, 2.75) is 0 Å². The quantitative estimate of drug-likeness (QED) is 0.156. The Labute approximate surface area is 358 Å². The van der Waals surface area contributed by atoms with Crippen LogP contribution in [0.15, 0.2) is 231 Å². The highest BCUT2D eigenvalue weighted by Gasteiger charge is 2.20. The third-order valence-corrected chi connectivity index (χ3v) is 13.3. The van der Waals surface area contributed by atoms with E-state index in [1.165, 1.54) is 86.1 Å². The molecular formula is C58H38N2S. The van der Waals surface area contributed by atoms with Crippen LogP contribution in [0.3, 0.4) is 0 Å². The van der Waals surface area contributed by atoms with Gasteiger partial charge < -0.3 is 9.47 Å². The molecular weight excluding hydrogens is 757 g/mol. The summed E-state index contributed by atoms with van der Waals surface area (Å²) in [7, 11) is 0. The first kappa shape index (κ1) is 35.2. The van der Waals surface area contributed by atoms with Crippen LogP contribution < -0.4 is 4.90 Å². The Morgan fingerprint density at radius 1 is 0.328 bits per heavy atom. The summed E-state index contributed by atoms with van der Waals surface area (Å²) in [5.41, 5.74) is 14.0. The van der Waals surface area contributed by atoms with Gasteiger partial charge in [-0.3, -0.25) is 0 Å². The molecule has 0 N–H and O–H groups in total. The number of anilines is 3. The second kappa shape index (κ2) is 14.5. The molecule has 10 aromatic carbocycles. The van der Waals surface area contributed by atoms with Crippen LogP contribution >= 0.6 is 11.3 Å². The van der Waals surface area contributed by atoms with Crippen molar-refractivity contribution in [1.29, 1.82) is 0 Å². The van der Waals surface area contributed by atoms with Crippen molar-refractivity contribution in [3.8, 4) is 39.1 Å². The zero-order chi connectivity index (χ0) is 40.3. The zero-order valence-corrected chi connectivity index (χ0v) is 34.1. The first-order valence-corrected chi connectivity index (χ1v) is 21.6. The Kier molecular flexibility index (Phi) is 8.39. The first-order valence-electron chi connectivity index (χ1n) is 20.8. The highest BCUT2D eigenvalue weighted by molar-refractivity contribution is 7.25. The predicted molar refractivity (Wildman–Crippen MR) is 262 cm³/mol. The minimum absolute atomic E-state index is 1.09. The third kappa shape index (κ3) is 6.01. The van der Waals surface area contributed by atoms with E-state index in [2.05, 4.69) is 240 Å². The van der Waals surface area contributed by atoms with Crippen molar-refractivity contribution in [1.82, 2.24) is 4.57 Å². The van der Waals surface area contributed by atoms with Crippen LogP contribution in [0.25, 0.3) is 91.8 Å². The molecule has 2 aromatic heterocycles. The van der Waals surface area contributed by atoms with Gasteiger partial charge in [0.15, 0.2) is 0 Å². The molecule has 12 rings (SSSR count). The molecule has 0 saturated carbocycles. The summed E-state index contributed by atoms with van der Waals surface area (Å²) in [5.74, 6) is 0. The second-order valence-corrected chi connectivity index (χ2v) is 16.8. The number of fused-ring (bicyclic) bond motifs is 7. The number of aromatic nitrogens is 1. The van der Waals surface area contributed by atoms with Crippen LogP contribution in [-0.4, -0.2) is 4.57 Å². The number of rotatable bonds is 7. The summed E-state index contributed by atoms with van der Waals surface area (Å²) < 4.78 is 5.01. The van der Waals surface area contributed by atoms with E-state index in [0.29, 0.717) is 0 Å². The predicted octanol–water partition coefficient (Wildman–Crippen LogP) is 16.8. The van der Waals surface area contributed by atoms with Gasteiger partial charge >= 0.3 is 0 Å². The molecule has 0 aliphatic rings. The summed E-state index contributed by atoms with van der Waals surface area (Å²) in [5, 5.41) is 7.62. The molecule has 61 heavy (non-hydrogen) atoms. The van der Waals surface area contributed by atoms with Crippen molar-refractivity contribution >= 4 is 81.1 Å². The fourth-order valence-corrected chi connectivity index (χ4v) is 10.4. The van der Waals surface area contributed by atoms with E-state index in [1.54, 1.807) is 0 Å². The minimum atomic E-state index is 1.09. The van der Waals surface area contributed by atoms with Gasteiger partial charge in [0.1, 0.15) is 0 Å². The lowest BCUT2D eigenvalue weighted by atomic mass is 9.97. The molecule has 0 atom stereocenters. The van der Waals surface area contributed by atoms with Gasteiger partial charge in [0.05, 0.1) is 16.7 Å². The van der Waals surface area contributed by atoms with E-state index in [1.807, 2.05) is 11.3 Å². The fraction of sp³-hybridized carbons (Fsp3) is 0. The molecule has 2 heterocycles. The van der Waals surface area contributed by atoms with Crippen molar-refractivity contribution in [3.05, 3.63) is 231 Å². The molecule has 0 unspecified atom stereocenters. The van der Waals surface area contributed by atoms with Gasteiger partial charge in [-0.25, -0.2) is 0 Å². The molecule has 0 fully saturated rings. The van der Waals surface area contributed by atoms with Gasteiger partial charge in [-0.15, -0.1) is 11.3 Å². The number of thiophene rings is 1. The number of nitrogens with zero attached hydrogens (tertiary/aromatic N) is 2. The largest absolute Gasteiger partial charge is 0.310 e.